The summed E-state index contributed by atoms with van der Waals surface area (Å²) in [6.07, 6.45) is 23.2. The molecule has 5 nitrogen and oxygen atoms in total. The van der Waals surface area contributed by atoms with E-state index in [2.05, 4.69) is 19.1 Å². The predicted octanol–water partition coefficient (Wildman–Crippen LogP) is 5.17. The number of unbranched alkanes of at least 4 members (excludes halogenated alkanes) is 12. The molecule has 0 atom stereocenters. The zero-order chi connectivity index (χ0) is 19.2. The van der Waals surface area contributed by atoms with E-state index in [9.17, 15) is 0 Å². The molecule has 0 bridgehead atoms. The van der Waals surface area contributed by atoms with Gasteiger partial charge < -0.3 is 15.3 Å². The van der Waals surface area contributed by atoms with Crippen molar-refractivity contribution in [2.75, 3.05) is 6.61 Å². The lowest BCUT2D eigenvalue weighted by Gasteiger charge is -1.99. The first-order valence-electron chi connectivity index (χ1n) is 9.78. The molecular formula is C20H38O5. The van der Waals surface area contributed by atoms with Crippen molar-refractivity contribution in [3.8, 4) is 0 Å². The van der Waals surface area contributed by atoms with Crippen LogP contribution < -0.4 is 0 Å². The van der Waals surface area contributed by atoms with Crippen LogP contribution in [-0.4, -0.2) is 33.9 Å². The summed E-state index contributed by atoms with van der Waals surface area (Å²) in [5, 5.41) is 23.4. The van der Waals surface area contributed by atoms with Crippen molar-refractivity contribution in [2.24, 2.45) is 0 Å². The van der Waals surface area contributed by atoms with Crippen molar-refractivity contribution < 1.29 is 24.9 Å². The first-order valence-corrected chi connectivity index (χ1v) is 9.78. The van der Waals surface area contributed by atoms with Crippen LogP contribution >= 0.6 is 0 Å². The molecule has 25 heavy (non-hydrogen) atoms. The van der Waals surface area contributed by atoms with Gasteiger partial charge in [0.2, 0.25) is 0 Å². The van der Waals surface area contributed by atoms with E-state index in [4.69, 9.17) is 24.9 Å². The summed E-state index contributed by atoms with van der Waals surface area (Å²) in [6.45, 7) is 2.64. The highest BCUT2D eigenvalue weighted by atomic mass is 16.4. The largest absolute Gasteiger partial charge is 0.473 e. The number of aliphatic carboxylic acids is 2. The lowest BCUT2D eigenvalue weighted by Crippen LogP contribution is -2.09. The van der Waals surface area contributed by atoms with Crippen molar-refractivity contribution in [2.45, 2.75) is 96.8 Å². The third-order valence-electron chi connectivity index (χ3n) is 3.85. The fourth-order valence-electron chi connectivity index (χ4n) is 2.36. The van der Waals surface area contributed by atoms with Gasteiger partial charge >= 0.3 is 11.9 Å². The van der Waals surface area contributed by atoms with Crippen LogP contribution in [0, 0.1) is 0 Å². The van der Waals surface area contributed by atoms with Gasteiger partial charge in [-0.15, -0.1) is 0 Å². The summed E-state index contributed by atoms with van der Waals surface area (Å²) in [4.78, 5) is 18.2. The molecule has 0 unspecified atom stereocenters. The molecule has 0 saturated heterocycles. The molecule has 0 amide bonds. The SMILES string of the molecule is CCCCCCCC/C=C\CCCCCCCCO.O=C(O)C(=O)O. The predicted molar refractivity (Wildman–Crippen MR) is 102 cm³/mol. The topological polar surface area (TPSA) is 94.8 Å². The molecule has 148 valence electrons. The first-order chi connectivity index (χ1) is 12.1. The van der Waals surface area contributed by atoms with Crippen molar-refractivity contribution in [3.05, 3.63) is 12.2 Å². The smallest absolute Gasteiger partial charge is 0.414 e. The maximum Gasteiger partial charge on any atom is 0.414 e. The molecule has 0 fully saturated rings. The van der Waals surface area contributed by atoms with Gasteiger partial charge in [-0.3, -0.25) is 0 Å². The van der Waals surface area contributed by atoms with Crippen molar-refractivity contribution in [1.82, 2.24) is 0 Å². The highest BCUT2D eigenvalue weighted by Gasteiger charge is 2.04. The highest BCUT2D eigenvalue weighted by molar-refractivity contribution is 6.27. The van der Waals surface area contributed by atoms with Gasteiger partial charge in [0.1, 0.15) is 0 Å². The minimum atomic E-state index is -1.82. The Morgan fingerprint density at radius 2 is 1.00 bits per heavy atom. The maximum absolute atomic E-state index is 9.10. The quantitative estimate of drug-likeness (QED) is 0.213. The fraction of sp³-hybridized carbons (Fsp3) is 0.800. The lowest BCUT2D eigenvalue weighted by atomic mass is 10.1. The molecule has 0 aliphatic carbocycles. The molecule has 5 heteroatoms. The molecule has 0 rings (SSSR count). The summed E-state index contributed by atoms with van der Waals surface area (Å²) < 4.78 is 0. The van der Waals surface area contributed by atoms with Gasteiger partial charge in [-0.1, -0.05) is 76.9 Å². The number of allylic oxidation sites excluding steroid dienone is 2. The Bertz CT molecular complexity index is 314. The summed E-state index contributed by atoms with van der Waals surface area (Å²) >= 11 is 0. The number of carboxylic acid groups (broad SMARTS) is 2. The zero-order valence-electron chi connectivity index (χ0n) is 15.9. The number of rotatable bonds is 15. The van der Waals surface area contributed by atoms with Gasteiger partial charge in [-0.05, 0) is 32.1 Å². The number of carbonyl (C=O) groups is 2. The van der Waals surface area contributed by atoms with E-state index in [1.807, 2.05) is 0 Å². The second kappa shape index (κ2) is 22.6. The Kier molecular flexibility index (Phi) is 23.4. The van der Waals surface area contributed by atoms with E-state index in [-0.39, 0.29) is 0 Å². The van der Waals surface area contributed by atoms with Gasteiger partial charge in [0.25, 0.3) is 0 Å². The summed E-state index contributed by atoms with van der Waals surface area (Å²) in [6, 6.07) is 0. The number of carboxylic acids is 2. The molecular weight excluding hydrogens is 320 g/mol. The molecule has 0 aliphatic heterocycles. The van der Waals surface area contributed by atoms with Crippen LogP contribution in [0.15, 0.2) is 12.2 Å². The van der Waals surface area contributed by atoms with Gasteiger partial charge in [-0.25, -0.2) is 9.59 Å². The first kappa shape index (κ1) is 25.9. The van der Waals surface area contributed by atoms with Crippen LogP contribution in [-0.2, 0) is 9.59 Å². The van der Waals surface area contributed by atoms with Crippen LogP contribution in [0.25, 0.3) is 0 Å². The Balaban J connectivity index is 0. The Morgan fingerprint density at radius 3 is 1.36 bits per heavy atom. The Hall–Kier alpha value is -1.36. The van der Waals surface area contributed by atoms with Crippen molar-refractivity contribution in [3.63, 3.8) is 0 Å². The van der Waals surface area contributed by atoms with Gasteiger partial charge in [0, 0.05) is 6.61 Å². The molecule has 0 aromatic rings. The van der Waals surface area contributed by atoms with E-state index in [1.54, 1.807) is 0 Å². The normalized spacial score (nSPS) is 10.5. The molecule has 0 aliphatic rings. The molecule has 0 spiro atoms. The fourth-order valence-corrected chi connectivity index (χ4v) is 2.36. The van der Waals surface area contributed by atoms with Crippen LogP contribution in [0.3, 0.4) is 0 Å². The van der Waals surface area contributed by atoms with Crippen LogP contribution in [0.4, 0.5) is 0 Å². The number of hydrogen-bond donors (Lipinski definition) is 3. The summed E-state index contributed by atoms with van der Waals surface area (Å²) in [5.74, 6) is -3.65. The average Bonchev–Trinajstić information content (AvgIpc) is 2.59. The van der Waals surface area contributed by atoms with E-state index < -0.39 is 11.9 Å². The standard InChI is InChI=1S/C18H36O.C2H2O4/c1-2-3-4-5-6-7-8-9-10-11-12-13-14-15-16-17-18-19;3-1(4)2(5)6/h9-10,19H,2-8,11-18H2,1H3;(H,3,4)(H,5,6)/b10-9-;. The lowest BCUT2D eigenvalue weighted by molar-refractivity contribution is -0.159. The van der Waals surface area contributed by atoms with Crippen LogP contribution in [0.1, 0.15) is 96.8 Å². The number of hydrogen-bond acceptors (Lipinski definition) is 3. The summed E-state index contributed by atoms with van der Waals surface area (Å²) in [5.41, 5.74) is 0. The minimum absolute atomic E-state index is 0.362. The van der Waals surface area contributed by atoms with Gasteiger partial charge in [-0.2, -0.15) is 0 Å². The van der Waals surface area contributed by atoms with Gasteiger partial charge in [0.15, 0.2) is 0 Å². The van der Waals surface area contributed by atoms with E-state index in [1.165, 1.54) is 83.5 Å². The Morgan fingerprint density at radius 1 is 0.640 bits per heavy atom. The average molecular weight is 359 g/mol. The van der Waals surface area contributed by atoms with Gasteiger partial charge in [0.05, 0.1) is 0 Å². The Labute approximate surface area is 153 Å². The summed E-state index contributed by atoms with van der Waals surface area (Å²) in [7, 11) is 0. The number of aliphatic hydroxyl groups excluding tert-OH is 1. The van der Waals surface area contributed by atoms with Crippen LogP contribution in [0.5, 0.6) is 0 Å². The second-order valence-corrected chi connectivity index (χ2v) is 6.27. The third kappa shape index (κ3) is 27.8. The molecule has 0 radical (unpaired) electrons. The van der Waals surface area contributed by atoms with Crippen molar-refractivity contribution >= 4 is 11.9 Å². The monoisotopic (exact) mass is 358 g/mol. The van der Waals surface area contributed by atoms with Crippen LogP contribution in [0.2, 0.25) is 0 Å². The van der Waals surface area contributed by atoms with E-state index >= 15 is 0 Å². The zero-order valence-corrected chi connectivity index (χ0v) is 15.9. The highest BCUT2D eigenvalue weighted by Crippen LogP contribution is 2.09. The number of aliphatic hydroxyl groups is 1. The third-order valence-corrected chi connectivity index (χ3v) is 3.85. The molecule has 0 heterocycles. The second-order valence-electron chi connectivity index (χ2n) is 6.27. The maximum atomic E-state index is 9.10. The van der Waals surface area contributed by atoms with E-state index in [0.29, 0.717) is 6.61 Å². The molecule has 0 aromatic heterocycles. The molecule has 0 aromatic carbocycles. The van der Waals surface area contributed by atoms with Crippen molar-refractivity contribution in [1.29, 1.82) is 0 Å². The molecule has 3 N–H and O–H groups in total. The minimum Gasteiger partial charge on any atom is -0.473 e. The van der Waals surface area contributed by atoms with E-state index in [0.717, 1.165) is 6.42 Å². The molecule has 0 saturated carbocycles.